The third-order valence-electron chi connectivity index (χ3n) is 3.39. The second-order valence-electron chi connectivity index (χ2n) is 4.76. The van der Waals surface area contributed by atoms with Gasteiger partial charge in [0.2, 0.25) is 6.41 Å². The van der Waals surface area contributed by atoms with Gasteiger partial charge in [-0.05, 0) is 25.0 Å². The lowest BCUT2D eigenvalue weighted by Gasteiger charge is -2.38. The van der Waals surface area contributed by atoms with Gasteiger partial charge in [-0.3, -0.25) is 4.79 Å². The van der Waals surface area contributed by atoms with E-state index < -0.39 is 0 Å². The van der Waals surface area contributed by atoms with Crippen LogP contribution < -0.4 is 4.90 Å². The Morgan fingerprint density at radius 3 is 2.95 bits per heavy atom. The SMILES string of the molecule is C[C@H]1CN(c2ncc(CCO)cc2F)CCN1C=O. The van der Waals surface area contributed by atoms with Crippen LogP contribution in [0.5, 0.6) is 0 Å². The first-order chi connectivity index (χ1) is 9.15. The Kier molecular flexibility index (Phi) is 4.31. The zero-order chi connectivity index (χ0) is 13.8. The molecule has 0 saturated carbocycles. The van der Waals surface area contributed by atoms with Gasteiger partial charge >= 0.3 is 0 Å². The van der Waals surface area contributed by atoms with Gasteiger partial charge in [0.05, 0.1) is 0 Å². The molecule has 1 atom stereocenters. The number of aromatic nitrogens is 1. The topological polar surface area (TPSA) is 56.7 Å². The predicted octanol–water partition coefficient (Wildman–Crippen LogP) is 0.422. The summed E-state index contributed by atoms with van der Waals surface area (Å²) in [5, 5.41) is 8.82. The van der Waals surface area contributed by atoms with Crippen LogP contribution in [0.15, 0.2) is 12.3 Å². The normalized spacial score (nSPS) is 19.6. The fraction of sp³-hybridized carbons (Fsp3) is 0.538. The summed E-state index contributed by atoms with van der Waals surface area (Å²) in [6.45, 7) is 3.63. The highest BCUT2D eigenvalue weighted by molar-refractivity contribution is 5.50. The summed E-state index contributed by atoms with van der Waals surface area (Å²) in [5.74, 6) is -0.0585. The molecule has 0 bridgehead atoms. The Morgan fingerprint density at radius 1 is 1.58 bits per heavy atom. The number of amides is 1. The molecular weight excluding hydrogens is 249 g/mol. The smallest absolute Gasteiger partial charge is 0.210 e. The number of pyridine rings is 1. The summed E-state index contributed by atoms with van der Waals surface area (Å²) in [6, 6.07) is 1.46. The van der Waals surface area contributed by atoms with Crippen molar-refractivity contribution in [1.82, 2.24) is 9.88 Å². The molecule has 0 aromatic carbocycles. The van der Waals surface area contributed by atoms with E-state index in [0.29, 0.717) is 37.4 Å². The third kappa shape index (κ3) is 3.01. The minimum absolute atomic E-state index is 0.0183. The molecule has 6 heteroatoms. The molecule has 1 saturated heterocycles. The highest BCUT2D eigenvalue weighted by atomic mass is 19.1. The van der Waals surface area contributed by atoms with Crippen LogP contribution in [0.2, 0.25) is 0 Å². The summed E-state index contributed by atoms with van der Waals surface area (Å²) in [7, 11) is 0. The average molecular weight is 267 g/mol. The molecule has 0 spiro atoms. The van der Waals surface area contributed by atoms with Crippen LogP contribution in [0.1, 0.15) is 12.5 Å². The van der Waals surface area contributed by atoms with Crippen molar-refractivity contribution >= 4 is 12.2 Å². The molecule has 0 unspecified atom stereocenters. The number of carbonyl (C=O) groups is 1. The lowest BCUT2D eigenvalue weighted by molar-refractivity contribution is -0.120. The minimum atomic E-state index is -0.377. The Bertz CT molecular complexity index is 456. The molecule has 5 nitrogen and oxygen atoms in total. The van der Waals surface area contributed by atoms with E-state index in [1.807, 2.05) is 11.8 Å². The second-order valence-corrected chi connectivity index (χ2v) is 4.76. The molecule has 0 aliphatic carbocycles. The summed E-state index contributed by atoms with van der Waals surface area (Å²) >= 11 is 0. The third-order valence-corrected chi connectivity index (χ3v) is 3.39. The van der Waals surface area contributed by atoms with Gasteiger partial charge in [-0.15, -0.1) is 0 Å². The first-order valence-corrected chi connectivity index (χ1v) is 6.37. The molecule has 1 aromatic heterocycles. The van der Waals surface area contributed by atoms with Crippen LogP contribution in [0.25, 0.3) is 0 Å². The van der Waals surface area contributed by atoms with Gasteiger partial charge < -0.3 is 14.9 Å². The van der Waals surface area contributed by atoms with E-state index in [9.17, 15) is 9.18 Å². The van der Waals surface area contributed by atoms with E-state index in [4.69, 9.17) is 5.11 Å². The van der Waals surface area contributed by atoms with Gasteiger partial charge in [-0.1, -0.05) is 0 Å². The highest BCUT2D eigenvalue weighted by Gasteiger charge is 2.25. The van der Waals surface area contributed by atoms with Crippen molar-refractivity contribution in [2.45, 2.75) is 19.4 Å². The monoisotopic (exact) mass is 267 g/mol. The average Bonchev–Trinajstić information content (AvgIpc) is 2.39. The van der Waals surface area contributed by atoms with Crippen molar-refractivity contribution in [3.63, 3.8) is 0 Å². The zero-order valence-corrected chi connectivity index (χ0v) is 10.9. The molecular formula is C13H18FN3O2. The molecule has 1 aliphatic rings. The van der Waals surface area contributed by atoms with E-state index in [0.717, 1.165) is 6.41 Å². The summed E-state index contributed by atoms with van der Waals surface area (Å²) < 4.78 is 14.0. The van der Waals surface area contributed by atoms with Gasteiger partial charge in [-0.25, -0.2) is 9.37 Å². The molecule has 1 fully saturated rings. The molecule has 2 rings (SSSR count). The van der Waals surface area contributed by atoms with E-state index >= 15 is 0 Å². The van der Waals surface area contributed by atoms with E-state index in [-0.39, 0.29) is 18.5 Å². The maximum Gasteiger partial charge on any atom is 0.210 e. The molecule has 0 radical (unpaired) electrons. The van der Waals surface area contributed by atoms with Crippen LogP contribution in [0, 0.1) is 5.82 Å². The first-order valence-electron chi connectivity index (χ1n) is 6.37. The number of aliphatic hydroxyl groups is 1. The Labute approximate surface area is 111 Å². The summed E-state index contributed by atoms with van der Waals surface area (Å²) in [5.41, 5.74) is 0.684. The number of hydrogen-bond acceptors (Lipinski definition) is 4. The molecule has 1 amide bonds. The molecule has 2 heterocycles. The number of anilines is 1. The van der Waals surface area contributed by atoms with Gasteiger partial charge in [-0.2, -0.15) is 0 Å². The molecule has 1 aliphatic heterocycles. The number of rotatable bonds is 4. The Morgan fingerprint density at radius 2 is 2.37 bits per heavy atom. The summed E-state index contributed by atoms with van der Waals surface area (Å²) in [4.78, 5) is 18.5. The number of piperazine rings is 1. The molecule has 1 aromatic rings. The molecule has 19 heavy (non-hydrogen) atoms. The van der Waals surface area contributed by atoms with Crippen LogP contribution in [0.3, 0.4) is 0 Å². The van der Waals surface area contributed by atoms with Crippen LogP contribution >= 0.6 is 0 Å². The van der Waals surface area contributed by atoms with Crippen molar-refractivity contribution in [2.75, 3.05) is 31.1 Å². The Hall–Kier alpha value is -1.69. The lowest BCUT2D eigenvalue weighted by Crippen LogP contribution is -2.51. The van der Waals surface area contributed by atoms with Crippen molar-refractivity contribution in [3.05, 3.63) is 23.6 Å². The summed E-state index contributed by atoms with van der Waals surface area (Å²) in [6.07, 6.45) is 2.82. The number of carbonyl (C=O) groups excluding carboxylic acids is 1. The maximum absolute atomic E-state index is 14.0. The van der Waals surface area contributed by atoms with E-state index in [1.165, 1.54) is 6.07 Å². The standard InChI is InChI=1S/C13H18FN3O2/c1-10-8-16(3-4-17(10)9-19)13-12(14)6-11(2-5-18)7-15-13/h6-7,9-10,18H,2-5,8H2,1H3/t10-/m0/s1. The predicted molar refractivity (Wildman–Crippen MR) is 69.4 cm³/mol. The van der Waals surface area contributed by atoms with E-state index in [1.54, 1.807) is 11.1 Å². The highest BCUT2D eigenvalue weighted by Crippen LogP contribution is 2.20. The van der Waals surface area contributed by atoms with Crippen LogP contribution in [-0.2, 0) is 11.2 Å². The number of halogens is 1. The first kappa shape index (κ1) is 13.7. The lowest BCUT2D eigenvalue weighted by atomic mass is 10.2. The van der Waals surface area contributed by atoms with Crippen molar-refractivity contribution < 1.29 is 14.3 Å². The fourth-order valence-electron chi connectivity index (χ4n) is 2.29. The minimum Gasteiger partial charge on any atom is -0.396 e. The van der Waals surface area contributed by atoms with Gasteiger partial charge in [0.15, 0.2) is 11.6 Å². The zero-order valence-electron chi connectivity index (χ0n) is 10.9. The number of nitrogens with zero attached hydrogens (tertiary/aromatic N) is 3. The molecule has 104 valence electrons. The van der Waals surface area contributed by atoms with Gasteiger partial charge in [0, 0.05) is 38.5 Å². The van der Waals surface area contributed by atoms with Crippen molar-refractivity contribution in [2.24, 2.45) is 0 Å². The van der Waals surface area contributed by atoms with Gasteiger partial charge in [0.25, 0.3) is 0 Å². The van der Waals surface area contributed by atoms with Crippen LogP contribution in [0.4, 0.5) is 10.2 Å². The Balaban J connectivity index is 2.12. The number of aliphatic hydroxyl groups excluding tert-OH is 1. The van der Waals surface area contributed by atoms with Crippen LogP contribution in [-0.4, -0.2) is 53.7 Å². The second kappa shape index (κ2) is 5.97. The number of hydrogen-bond donors (Lipinski definition) is 1. The fourth-order valence-corrected chi connectivity index (χ4v) is 2.29. The maximum atomic E-state index is 14.0. The quantitative estimate of drug-likeness (QED) is 0.803. The van der Waals surface area contributed by atoms with Crippen molar-refractivity contribution in [3.8, 4) is 0 Å². The molecule has 1 N–H and O–H groups in total. The van der Waals surface area contributed by atoms with Gasteiger partial charge in [0.1, 0.15) is 0 Å². The largest absolute Gasteiger partial charge is 0.396 e. The van der Waals surface area contributed by atoms with Crippen molar-refractivity contribution in [1.29, 1.82) is 0 Å². The van der Waals surface area contributed by atoms with E-state index in [2.05, 4.69) is 4.98 Å².